The number of piperidine rings is 1. The first-order valence-electron chi connectivity index (χ1n) is 7.63. The minimum atomic E-state index is -0.318. The molecule has 1 heterocycles. The molecule has 5 heteroatoms. The first-order valence-corrected chi connectivity index (χ1v) is 7.63. The Hall–Kier alpha value is -1.75. The SMILES string of the molecule is CC(C)(C)OC=O.COc1cc(C2CCNCC2)ccc1N. The summed E-state index contributed by atoms with van der Waals surface area (Å²) in [6, 6.07) is 6.13. The average molecular weight is 308 g/mol. The molecule has 0 unspecified atom stereocenters. The Morgan fingerprint density at radius 2 is 1.91 bits per heavy atom. The summed E-state index contributed by atoms with van der Waals surface area (Å²) in [6.45, 7) is 8.14. The van der Waals surface area contributed by atoms with Crippen molar-refractivity contribution in [2.45, 2.75) is 45.1 Å². The highest BCUT2D eigenvalue weighted by Gasteiger charge is 2.16. The van der Waals surface area contributed by atoms with E-state index in [1.165, 1.54) is 18.4 Å². The Morgan fingerprint density at radius 3 is 2.36 bits per heavy atom. The van der Waals surface area contributed by atoms with Crippen molar-refractivity contribution in [3.8, 4) is 5.75 Å². The molecule has 1 aromatic rings. The second-order valence-corrected chi connectivity index (χ2v) is 6.35. The van der Waals surface area contributed by atoms with Gasteiger partial charge in [-0.15, -0.1) is 0 Å². The Bertz CT molecular complexity index is 463. The molecule has 0 aliphatic carbocycles. The molecule has 5 nitrogen and oxygen atoms in total. The van der Waals surface area contributed by atoms with Crippen molar-refractivity contribution >= 4 is 12.2 Å². The number of nitrogens with one attached hydrogen (secondary N) is 1. The maximum Gasteiger partial charge on any atom is 0.293 e. The van der Waals surface area contributed by atoms with Gasteiger partial charge < -0.3 is 20.5 Å². The van der Waals surface area contributed by atoms with Crippen molar-refractivity contribution in [2.24, 2.45) is 0 Å². The van der Waals surface area contributed by atoms with Crippen LogP contribution < -0.4 is 15.8 Å². The lowest BCUT2D eigenvalue weighted by Gasteiger charge is -2.23. The van der Waals surface area contributed by atoms with Crippen molar-refractivity contribution in [3.63, 3.8) is 0 Å². The van der Waals surface area contributed by atoms with Crippen LogP contribution in [-0.4, -0.2) is 32.3 Å². The molecule has 22 heavy (non-hydrogen) atoms. The van der Waals surface area contributed by atoms with Gasteiger partial charge in [0.05, 0.1) is 12.8 Å². The molecule has 124 valence electrons. The monoisotopic (exact) mass is 308 g/mol. The number of carbonyl (C=O) groups excluding carboxylic acids is 1. The molecule has 1 aromatic carbocycles. The minimum absolute atomic E-state index is 0.318. The van der Waals surface area contributed by atoms with Gasteiger partial charge in [-0.25, -0.2) is 0 Å². The number of nitrogens with two attached hydrogens (primary N) is 1. The van der Waals surface area contributed by atoms with E-state index in [-0.39, 0.29) is 5.60 Å². The molecule has 1 fully saturated rings. The number of carbonyl (C=O) groups is 1. The zero-order valence-corrected chi connectivity index (χ0v) is 14.0. The third kappa shape index (κ3) is 6.35. The summed E-state index contributed by atoms with van der Waals surface area (Å²) in [7, 11) is 1.66. The summed E-state index contributed by atoms with van der Waals surface area (Å²) in [5.41, 5.74) is 7.54. The van der Waals surface area contributed by atoms with Crippen LogP contribution >= 0.6 is 0 Å². The van der Waals surface area contributed by atoms with E-state index in [1.54, 1.807) is 7.11 Å². The van der Waals surface area contributed by atoms with Gasteiger partial charge in [0.2, 0.25) is 0 Å². The Kier molecular flexibility index (Phi) is 7.18. The van der Waals surface area contributed by atoms with E-state index in [9.17, 15) is 4.79 Å². The van der Waals surface area contributed by atoms with Crippen molar-refractivity contribution in [3.05, 3.63) is 23.8 Å². The molecule has 1 aliphatic rings. The summed E-state index contributed by atoms with van der Waals surface area (Å²) in [5.74, 6) is 1.45. The highest BCUT2D eigenvalue weighted by molar-refractivity contribution is 5.54. The first kappa shape index (κ1) is 18.3. The first-order chi connectivity index (χ1) is 10.4. The van der Waals surface area contributed by atoms with Gasteiger partial charge >= 0.3 is 0 Å². The molecule has 0 aromatic heterocycles. The molecule has 0 amide bonds. The van der Waals surface area contributed by atoms with Crippen LogP contribution in [0, 0.1) is 0 Å². The molecule has 0 spiro atoms. The lowest BCUT2D eigenvalue weighted by molar-refractivity contribution is -0.138. The molecule has 0 atom stereocenters. The molecule has 0 radical (unpaired) electrons. The van der Waals surface area contributed by atoms with Crippen LogP contribution in [0.25, 0.3) is 0 Å². The van der Waals surface area contributed by atoms with Crippen molar-refractivity contribution in [2.75, 3.05) is 25.9 Å². The predicted octanol–water partition coefficient (Wildman–Crippen LogP) is 2.70. The molecule has 3 N–H and O–H groups in total. The number of rotatable bonds is 3. The van der Waals surface area contributed by atoms with Crippen LogP contribution in [0.15, 0.2) is 18.2 Å². The summed E-state index contributed by atoms with van der Waals surface area (Å²) < 4.78 is 9.78. The number of nitrogen functional groups attached to an aromatic ring is 1. The van der Waals surface area contributed by atoms with Crippen molar-refractivity contribution in [1.29, 1.82) is 0 Å². The molecule has 0 saturated carbocycles. The molecule has 1 saturated heterocycles. The number of anilines is 1. The van der Waals surface area contributed by atoms with Crippen LogP contribution in [-0.2, 0) is 9.53 Å². The van der Waals surface area contributed by atoms with Crippen LogP contribution in [0.3, 0.4) is 0 Å². The van der Waals surface area contributed by atoms with E-state index in [0.29, 0.717) is 12.4 Å². The van der Waals surface area contributed by atoms with Gasteiger partial charge in [-0.2, -0.15) is 0 Å². The van der Waals surface area contributed by atoms with E-state index in [0.717, 1.165) is 24.5 Å². The van der Waals surface area contributed by atoms with E-state index < -0.39 is 0 Å². The second kappa shape index (κ2) is 8.63. The smallest absolute Gasteiger partial charge is 0.293 e. The quantitative estimate of drug-likeness (QED) is 0.663. The summed E-state index contributed by atoms with van der Waals surface area (Å²) in [4.78, 5) is 9.60. The topological polar surface area (TPSA) is 73.6 Å². The van der Waals surface area contributed by atoms with Crippen LogP contribution in [0.4, 0.5) is 5.69 Å². The van der Waals surface area contributed by atoms with Crippen LogP contribution in [0.1, 0.15) is 45.1 Å². The molecule has 2 rings (SSSR count). The maximum atomic E-state index is 9.60. The number of benzene rings is 1. The Balaban J connectivity index is 0.000000295. The van der Waals surface area contributed by atoms with Gasteiger partial charge in [0.25, 0.3) is 6.47 Å². The fraction of sp³-hybridized carbons (Fsp3) is 0.588. The molecule has 0 bridgehead atoms. The van der Waals surface area contributed by atoms with Crippen LogP contribution in [0.2, 0.25) is 0 Å². The summed E-state index contributed by atoms with van der Waals surface area (Å²) >= 11 is 0. The zero-order valence-electron chi connectivity index (χ0n) is 14.0. The second-order valence-electron chi connectivity index (χ2n) is 6.35. The molecular weight excluding hydrogens is 280 g/mol. The average Bonchev–Trinajstić information content (AvgIpc) is 2.48. The highest BCUT2D eigenvalue weighted by atomic mass is 16.5. The van der Waals surface area contributed by atoms with Gasteiger partial charge in [-0.3, -0.25) is 4.79 Å². The number of hydrogen-bond donors (Lipinski definition) is 2. The standard InChI is InChI=1S/C12H18N2O.C5H10O2/c1-15-12-8-10(2-3-11(12)13)9-4-6-14-7-5-9;1-5(2,3)7-4-6/h2-3,8-9,14H,4-7,13H2,1H3;4H,1-3H3. The zero-order chi connectivity index (χ0) is 16.6. The third-order valence-electron chi connectivity index (χ3n) is 3.47. The van der Waals surface area contributed by atoms with Gasteiger partial charge in [0.1, 0.15) is 11.4 Å². The number of hydrogen-bond acceptors (Lipinski definition) is 5. The van der Waals surface area contributed by atoms with Crippen molar-refractivity contribution in [1.82, 2.24) is 5.32 Å². The minimum Gasteiger partial charge on any atom is -0.495 e. The van der Waals surface area contributed by atoms with Crippen molar-refractivity contribution < 1.29 is 14.3 Å². The predicted molar refractivity (Wildman–Crippen MR) is 89.2 cm³/mol. The maximum absolute atomic E-state index is 9.60. The summed E-state index contributed by atoms with van der Waals surface area (Å²) in [6.07, 6.45) is 2.40. The summed E-state index contributed by atoms with van der Waals surface area (Å²) in [5, 5.41) is 3.37. The number of ether oxygens (including phenoxy) is 2. The normalized spacial score (nSPS) is 15.5. The van der Waals surface area contributed by atoms with Gasteiger partial charge in [-0.1, -0.05) is 6.07 Å². The molecule has 1 aliphatic heterocycles. The van der Waals surface area contributed by atoms with Gasteiger partial charge in [0.15, 0.2) is 0 Å². The lowest BCUT2D eigenvalue weighted by atomic mass is 9.90. The lowest BCUT2D eigenvalue weighted by Crippen LogP contribution is -2.26. The van der Waals surface area contributed by atoms with E-state index >= 15 is 0 Å². The molecular formula is C17H28N2O3. The van der Waals surface area contributed by atoms with Crippen LogP contribution in [0.5, 0.6) is 5.75 Å². The fourth-order valence-corrected chi connectivity index (χ4v) is 2.28. The Morgan fingerprint density at radius 1 is 1.27 bits per heavy atom. The van der Waals surface area contributed by atoms with E-state index in [1.807, 2.05) is 26.8 Å². The van der Waals surface area contributed by atoms with Gasteiger partial charge in [-0.05, 0) is 70.3 Å². The number of methoxy groups -OCH3 is 1. The van der Waals surface area contributed by atoms with Gasteiger partial charge in [0, 0.05) is 0 Å². The Labute approximate surface area is 133 Å². The van der Waals surface area contributed by atoms with E-state index in [4.69, 9.17) is 10.5 Å². The third-order valence-corrected chi connectivity index (χ3v) is 3.47. The highest BCUT2D eigenvalue weighted by Crippen LogP contribution is 2.30. The largest absolute Gasteiger partial charge is 0.495 e. The van der Waals surface area contributed by atoms with E-state index in [2.05, 4.69) is 22.2 Å². The fourth-order valence-electron chi connectivity index (χ4n) is 2.28.